The van der Waals surface area contributed by atoms with Crippen molar-refractivity contribution in [2.45, 2.75) is 12.0 Å². The van der Waals surface area contributed by atoms with Crippen LogP contribution in [0.25, 0.3) is 0 Å². The first-order chi connectivity index (χ1) is 15.0. The van der Waals surface area contributed by atoms with Crippen LogP contribution in [0.5, 0.6) is 11.5 Å². The third-order valence-electron chi connectivity index (χ3n) is 5.96. The summed E-state index contributed by atoms with van der Waals surface area (Å²) in [5, 5.41) is 3.16. The van der Waals surface area contributed by atoms with Crippen molar-refractivity contribution in [3.63, 3.8) is 0 Å². The van der Waals surface area contributed by atoms with Gasteiger partial charge in [0.05, 0.1) is 23.6 Å². The molecule has 7 nitrogen and oxygen atoms in total. The molecule has 0 saturated carbocycles. The molecular weight excluding hydrogens is 394 g/mol. The summed E-state index contributed by atoms with van der Waals surface area (Å²) < 4.78 is 11.8. The maximum atomic E-state index is 13.0. The van der Waals surface area contributed by atoms with Gasteiger partial charge in [0.1, 0.15) is 18.1 Å². The molecule has 2 amide bonds. The number of benzene rings is 2. The van der Waals surface area contributed by atoms with Crippen molar-refractivity contribution in [2.24, 2.45) is 5.92 Å². The lowest BCUT2D eigenvalue weighted by Gasteiger charge is -2.34. The van der Waals surface area contributed by atoms with Crippen molar-refractivity contribution >= 4 is 11.8 Å². The van der Waals surface area contributed by atoms with E-state index in [2.05, 4.69) is 10.2 Å². The molecule has 0 bridgehead atoms. The zero-order chi connectivity index (χ0) is 21.8. The number of carbonyl (C=O) groups is 2. The predicted molar refractivity (Wildman–Crippen MR) is 117 cm³/mol. The van der Waals surface area contributed by atoms with Gasteiger partial charge in [-0.1, -0.05) is 30.3 Å². The Hall–Kier alpha value is -3.06. The number of nitrogens with zero attached hydrogens (tertiary/aromatic N) is 2. The minimum atomic E-state index is -0.766. The summed E-state index contributed by atoms with van der Waals surface area (Å²) in [7, 11) is 3.50. The van der Waals surface area contributed by atoms with Gasteiger partial charge in [-0.25, -0.2) is 0 Å². The van der Waals surface area contributed by atoms with E-state index in [1.807, 2.05) is 42.5 Å². The minimum Gasteiger partial charge on any atom is -0.494 e. The lowest BCUT2D eigenvalue weighted by atomic mass is 9.86. The Labute approximate surface area is 182 Å². The number of likely N-dealkylation sites (tertiary alicyclic amines) is 1. The van der Waals surface area contributed by atoms with Crippen LogP contribution in [0.1, 0.15) is 16.8 Å². The highest BCUT2D eigenvalue weighted by atomic mass is 16.5. The van der Waals surface area contributed by atoms with E-state index in [4.69, 9.17) is 9.47 Å². The smallest absolute Gasteiger partial charge is 0.255 e. The summed E-state index contributed by atoms with van der Waals surface area (Å²) in [6, 6.07) is 16.9. The van der Waals surface area contributed by atoms with Gasteiger partial charge < -0.3 is 19.7 Å². The molecule has 2 aromatic carbocycles. The largest absolute Gasteiger partial charge is 0.494 e. The number of para-hydroxylation sites is 2. The Morgan fingerprint density at radius 3 is 2.71 bits per heavy atom. The zero-order valence-electron chi connectivity index (χ0n) is 18.0. The van der Waals surface area contributed by atoms with Crippen LogP contribution in [0.15, 0.2) is 54.6 Å². The van der Waals surface area contributed by atoms with Crippen molar-refractivity contribution in [3.05, 3.63) is 60.2 Å². The number of fused-ring (bicyclic) bond motifs is 1. The van der Waals surface area contributed by atoms with E-state index < -0.39 is 5.54 Å². The molecule has 2 atom stereocenters. The molecule has 0 aromatic heterocycles. The van der Waals surface area contributed by atoms with Crippen LogP contribution < -0.4 is 14.8 Å². The van der Waals surface area contributed by atoms with E-state index in [9.17, 15) is 9.59 Å². The summed E-state index contributed by atoms with van der Waals surface area (Å²) in [4.78, 5) is 29.8. The van der Waals surface area contributed by atoms with Crippen molar-refractivity contribution in [1.29, 1.82) is 0 Å². The second kappa shape index (κ2) is 8.98. The second-order valence-corrected chi connectivity index (χ2v) is 8.43. The molecule has 2 aliphatic heterocycles. The fourth-order valence-electron chi connectivity index (χ4n) is 4.39. The normalized spacial score (nSPS) is 22.9. The van der Waals surface area contributed by atoms with Gasteiger partial charge in [-0.3, -0.25) is 14.5 Å². The number of carbonyl (C=O) groups excluding carboxylic acids is 2. The molecule has 0 radical (unpaired) electrons. The monoisotopic (exact) mass is 423 g/mol. The van der Waals surface area contributed by atoms with Crippen LogP contribution in [0.3, 0.4) is 0 Å². The lowest BCUT2D eigenvalue weighted by Crippen LogP contribution is -2.60. The number of amides is 2. The first-order valence-corrected chi connectivity index (χ1v) is 10.6. The Kier molecular flexibility index (Phi) is 6.13. The quantitative estimate of drug-likeness (QED) is 0.720. The highest BCUT2D eigenvalue weighted by Crippen LogP contribution is 2.34. The highest BCUT2D eigenvalue weighted by Gasteiger charge is 2.53. The Bertz CT molecular complexity index is 933. The van der Waals surface area contributed by atoms with E-state index in [0.717, 1.165) is 18.7 Å². The molecule has 164 valence electrons. The summed E-state index contributed by atoms with van der Waals surface area (Å²) in [5.74, 6) is 0.832. The number of nitrogens with one attached hydrogen (secondary N) is 1. The molecule has 1 N–H and O–H groups in total. The fraction of sp³-hybridized carbons (Fsp3) is 0.417. The summed E-state index contributed by atoms with van der Waals surface area (Å²) in [5.41, 5.74) is -0.261. The van der Waals surface area contributed by atoms with Crippen LogP contribution in [-0.4, -0.2) is 74.1 Å². The molecule has 2 heterocycles. The Morgan fingerprint density at radius 2 is 1.94 bits per heavy atom. The third-order valence-corrected chi connectivity index (χ3v) is 5.96. The number of hydrogen-bond donors (Lipinski definition) is 1. The SMILES string of the molecule is CN(C)C(=O)[C@H]1CN(CCCOc2ccccc2)C[C@@]12COc1ccccc1C(=O)N2. The topological polar surface area (TPSA) is 71.1 Å². The van der Waals surface area contributed by atoms with E-state index in [0.29, 0.717) is 31.0 Å². The average Bonchev–Trinajstić information content (AvgIpc) is 3.06. The maximum absolute atomic E-state index is 13.0. The lowest BCUT2D eigenvalue weighted by molar-refractivity contribution is -0.134. The molecule has 0 aliphatic carbocycles. The molecule has 1 spiro atoms. The number of hydrogen-bond acceptors (Lipinski definition) is 5. The molecule has 2 aromatic rings. The zero-order valence-corrected chi connectivity index (χ0v) is 18.0. The van der Waals surface area contributed by atoms with Crippen molar-refractivity contribution in [2.75, 3.05) is 46.9 Å². The van der Waals surface area contributed by atoms with Gasteiger partial charge in [0.25, 0.3) is 5.91 Å². The summed E-state index contributed by atoms with van der Waals surface area (Å²) in [6.07, 6.45) is 0.822. The molecule has 1 saturated heterocycles. The number of rotatable bonds is 6. The average molecular weight is 424 g/mol. The van der Waals surface area contributed by atoms with Crippen molar-refractivity contribution in [1.82, 2.24) is 15.1 Å². The number of ether oxygens (including phenoxy) is 2. The van der Waals surface area contributed by atoms with Crippen LogP contribution in [0, 0.1) is 5.92 Å². The first kappa shape index (κ1) is 21.2. The molecule has 4 rings (SSSR count). The Balaban J connectivity index is 1.45. The molecule has 31 heavy (non-hydrogen) atoms. The second-order valence-electron chi connectivity index (χ2n) is 8.43. The van der Waals surface area contributed by atoms with Gasteiger partial charge in [0.2, 0.25) is 5.91 Å². The molecule has 7 heteroatoms. The van der Waals surface area contributed by atoms with Crippen LogP contribution in [0.4, 0.5) is 0 Å². The van der Waals surface area contributed by atoms with Crippen LogP contribution in [-0.2, 0) is 4.79 Å². The van der Waals surface area contributed by atoms with Gasteiger partial charge in [-0.05, 0) is 30.7 Å². The predicted octanol–water partition coefficient (Wildman–Crippen LogP) is 2.04. The molecule has 2 aliphatic rings. The van der Waals surface area contributed by atoms with Crippen molar-refractivity contribution < 1.29 is 19.1 Å². The molecule has 1 fully saturated rings. The van der Waals surface area contributed by atoms with E-state index in [1.165, 1.54) is 0 Å². The van der Waals surface area contributed by atoms with Gasteiger partial charge in [0.15, 0.2) is 0 Å². The first-order valence-electron chi connectivity index (χ1n) is 10.6. The highest BCUT2D eigenvalue weighted by molar-refractivity contribution is 5.98. The van der Waals surface area contributed by atoms with E-state index in [1.54, 1.807) is 31.1 Å². The van der Waals surface area contributed by atoms with Gasteiger partial charge in [-0.2, -0.15) is 0 Å². The van der Waals surface area contributed by atoms with Gasteiger partial charge >= 0.3 is 0 Å². The summed E-state index contributed by atoms with van der Waals surface area (Å²) in [6.45, 7) is 2.75. The third kappa shape index (κ3) is 4.51. The summed E-state index contributed by atoms with van der Waals surface area (Å²) >= 11 is 0. The molecular formula is C24H29N3O4. The Morgan fingerprint density at radius 1 is 1.19 bits per heavy atom. The minimum absolute atomic E-state index is 0.00195. The molecule has 0 unspecified atom stereocenters. The van der Waals surface area contributed by atoms with E-state index in [-0.39, 0.29) is 24.3 Å². The fourth-order valence-corrected chi connectivity index (χ4v) is 4.39. The van der Waals surface area contributed by atoms with Crippen molar-refractivity contribution in [3.8, 4) is 11.5 Å². The standard InChI is InChI=1S/C24H29N3O4/c1-26(2)23(29)20-15-27(13-8-14-30-18-9-4-3-5-10-18)16-24(20)17-31-21-12-7-6-11-19(21)22(28)25-24/h3-7,9-12,20H,8,13-17H2,1-2H3,(H,25,28)/t20-,24-/m1/s1. The van der Waals surface area contributed by atoms with E-state index >= 15 is 0 Å². The maximum Gasteiger partial charge on any atom is 0.255 e. The van der Waals surface area contributed by atoms with Crippen LogP contribution in [0.2, 0.25) is 0 Å². The van der Waals surface area contributed by atoms with Crippen LogP contribution >= 0.6 is 0 Å². The van der Waals surface area contributed by atoms with Gasteiger partial charge in [-0.15, -0.1) is 0 Å². The van der Waals surface area contributed by atoms with Gasteiger partial charge in [0, 0.05) is 33.7 Å².